The molecule has 1 unspecified atom stereocenters. The van der Waals surface area contributed by atoms with E-state index in [1.807, 2.05) is 6.92 Å². The van der Waals surface area contributed by atoms with Gasteiger partial charge in [0.15, 0.2) is 5.78 Å². The molecule has 1 rings (SSSR count). The minimum atomic E-state index is -0.309. The first-order valence-corrected chi connectivity index (χ1v) is 4.95. The Morgan fingerprint density at radius 2 is 2.08 bits per heavy atom. The Hall–Kier alpha value is -0.860. The van der Waals surface area contributed by atoms with Gasteiger partial charge < -0.3 is 5.32 Å². The van der Waals surface area contributed by atoms with E-state index in [-0.39, 0.29) is 17.7 Å². The maximum atomic E-state index is 11.3. The van der Waals surface area contributed by atoms with E-state index in [1.54, 1.807) is 6.92 Å². The second-order valence-electron chi connectivity index (χ2n) is 3.76. The number of amides is 1. The molecule has 0 heterocycles. The van der Waals surface area contributed by atoms with Crippen molar-refractivity contribution in [2.45, 2.75) is 45.6 Å². The monoisotopic (exact) mass is 183 g/mol. The lowest BCUT2D eigenvalue weighted by molar-refractivity contribution is -0.127. The molecule has 3 heteroatoms. The Kier molecular flexibility index (Phi) is 3.46. The second kappa shape index (κ2) is 4.40. The number of nitrogens with one attached hydrogen (secondary N) is 1. The largest absolute Gasteiger partial charge is 0.347 e. The van der Waals surface area contributed by atoms with Gasteiger partial charge in [0.2, 0.25) is 5.91 Å². The number of hydrogen-bond donors (Lipinski definition) is 1. The number of carbonyl (C=O) groups is 2. The zero-order valence-corrected chi connectivity index (χ0v) is 8.30. The molecular weight excluding hydrogens is 166 g/mol. The zero-order valence-electron chi connectivity index (χ0n) is 8.30. The van der Waals surface area contributed by atoms with Gasteiger partial charge in [-0.15, -0.1) is 0 Å². The van der Waals surface area contributed by atoms with Crippen molar-refractivity contribution in [1.29, 1.82) is 0 Å². The van der Waals surface area contributed by atoms with Crippen molar-refractivity contribution in [1.82, 2.24) is 5.32 Å². The first-order valence-electron chi connectivity index (χ1n) is 4.95. The third-order valence-corrected chi connectivity index (χ3v) is 2.38. The molecule has 0 aromatic heterocycles. The molecule has 74 valence electrons. The summed E-state index contributed by atoms with van der Waals surface area (Å²) in [4.78, 5) is 22.4. The first kappa shape index (κ1) is 10.2. The van der Waals surface area contributed by atoms with Gasteiger partial charge in [-0.05, 0) is 25.7 Å². The van der Waals surface area contributed by atoms with Gasteiger partial charge in [0.25, 0.3) is 0 Å². The zero-order chi connectivity index (χ0) is 9.84. The van der Waals surface area contributed by atoms with Crippen LogP contribution in [0.25, 0.3) is 0 Å². The molecule has 0 spiro atoms. The normalized spacial score (nSPS) is 18.0. The van der Waals surface area contributed by atoms with E-state index in [0.717, 1.165) is 0 Å². The molecule has 1 fully saturated rings. The molecule has 1 aliphatic carbocycles. The Bertz CT molecular complexity index is 209. The van der Waals surface area contributed by atoms with Gasteiger partial charge in [0.1, 0.15) is 0 Å². The van der Waals surface area contributed by atoms with Gasteiger partial charge in [0, 0.05) is 12.8 Å². The quantitative estimate of drug-likeness (QED) is 0.697. The van der Waals surface area contributed by atoms with Crippen LogP contribution in [0.5, 0.6) is 0 Å². The van der Waals surface area contributed by atoms with Crippen LogP contribution in [0, 0.1) is 5.92 Å². The van der Waals surface area contributed by atoms with Crippen molar-refractivity contribution in [3.05, 3.63) is 0 Å². The molecule has 3 nitrogen and oxygen atoms in total. The van der Waals surface area contributed by atoms with Gasteiger partial charge in [-0.2, -0.15) is 0 Å². The summed E-state index contributed by atoms with van der Waals surface area (Å²) in [5.74, 6) is 0.713. The molecule has 1 saturated carbocycles. The summed E-state index contributed by atoms with van der Waals surface area (Å²) < 4.78 is 0. The molecule has 0 aromatic rings. The van der Waals surface area contributed by atoms with E-state index in [9.17, 15) is 9.59 Å². The Morgan fingerprint density at radius 1 is 1.46 bits per heavy atom. The summed E-state index contributed by atoms with van der Waals surface area (Å²) in [6, 6.07) is -0.309. The first-order chi connectivity index (χ1) is 6.13. The molecular formula is C10H17NO2. The minimum absolute atomic E-state index is 0.0248. The Morgan fingerprint density at radius 3 is 2.54 bits per heavy atom. The van der Waals surface area contributed by atoms with Crippen LogP contribution in [0.1, 0.15) is 39.5 Å². The van der Waals surface area contributed by atoms with E-state index in [2.05, 4.69) is 5.32 Å². The summed E-state index contributed by atoms with van der Waals surface area (Å²) in [6.45, 7) is 3.56. The van der Waals surface area contributed by atoms with Crippen LogP contribution < -0.4 is 5.32 Å². The van der Waals surface area contributed by atoms with Crippen molar-refractivity contribution in [3.63, 3.8) is 0 Å². The van der Waals surface area contributed by atoms with Crippen LogP contribution in [0.15, 0.2) is 0 Å². The predicted molar refractivity (Wildman–Crippen MR) is 50.2 cm³/mol. The van der Waals surface area contributed by atoms with Crippen molar-refractivity contribution >= 4 is 11.7 Å². The highest BCUT2D eigenvalue weighted by atomic mass is 16.2. The molecule has 13 heavy (non-hydrogen) atoms. The van der Waals surface area contributed by atoms with E-state index >= 15 is 0 Å². The standard InChI is InChI=1S/C10H17NO2/c1-3-9(12)7(2)11-10(13)6-8-4-5-8/h7-8H,3-6H2,1-2H3,(H,11,13). The molecule has 0 aliphatic heterocycles. The summed E-state index contributed by atoms with van der Waals surface area (Å²) in [5.41, 5.74) is 0. The van der Waals surface area contributed by atoms with Gasteiger partial charge in [0.05, 0.1) is 6.04 Å². The molecule has 1 aliphatic rings. The molecule has 0 bridgehead atoms. The number of rotatable bonds is 5. The van der Waals surface area contributed by atoms with Crippen LogP contribution in [-0.2, 0) is 9.59 Å². The smallest absolute Gasteiger partial charge is 0.220 e. The van der Waals surface area contributed by atoms with Crippen molar-refractivity contribution in [3.8, 4) is 0 Å². The number of carbonyl (C=O) groups excluding carboxylic acids is 2. The molecule has 1 amide bonds. The molecule has 1 N–H and O–H groups in total. The highest BCUT2D eigenvalue weighted by molar-refractivity contribution is 5.88. The van der Waals surface area contributed by atoms with E-state index in [0.29, 0.717) is 18.8 Å². The van der Waals surface area contributed by atoms with Gasteiger partial charge in [-0.3, -0.25) is 9.59 Å². The predicted octanol–water partition coefficient (Wildman–Crippen LogP) is 1.27. The maximum absolute atomic E-state index is 11.3. The van der Waals surface area contributed by atoms with Gasteiger partial charge in [-0.25, -0.2) is 0 Å². The molecule has 1 atom stereocenters. The fourth-order valence-electron chi connectivity index (χ4n) is 1.27. The van der Waals surface area contributed by atoms with E-state index in [4.69, 9.17) is 0 Å². The Balaban J connectivity index is 2.21. The summed E-state index contributed by atoms with van der Waals surface area (Å²) >= 11 is 0. The molecule has 0 aromatic carbocycles. The third-order valence-electron chi connectivity index (χ3n) is 2.38. The van der Waals surface area contributed by atoms with Crippen molar-refractivity contribution in [2.75, 3.05) is 0 Å². The maximum Gasteiger partial charge on any atom is 0.220 e. The fraction of sp³-hybridized carbons (Fsp3) is 0.800. The minimum Gasteiger partial charge on any atom is -0.347 e. The summed E-state index contributed by atoms with van der Waals surface area (Å²) in [5, 5.41) is 2.71. The van der Waals surface area contributed by atoms with Crippen LogP contribution in [-0.4, -0.2) is 17.7 Å². The lowest BCUT2D eigenvalue weighted by Gasteiger charge is -2.11. The number of ketones is 1. The van der Waals surface area contributed by atoms with E-state index in [1.165, 1.54) is 12.8 Å². The van der Waals surface area contributed by atoms with Crippen molar-refractivity contribution in [2.24, 2.45) is 5.92 Å². The summed E-state index contributed by atoms with van der Waals surface area (Å²) in [6.07, 6.45) is 3.43. The van der Waals surface area contributed by atoms with Crippen molar-refractivity contribution < 1.29 is 9.59 Å². The average Bonchev–Trinajstić information content (AvgIpc) is 2.86. The van der Waals surface area contributed by atoms with Crippen LogP contribution in [0.4, 0.5) is 0 Å². The SMILES string of the molecule is CCC(=O)C(C)NC(=O)CC1CC1. The fourth-order valence-corrected chi connectivity index (χ4v) is 1.27. The summed E-state index contributed by atoms with van der Waals surface area (Å²) in [7, 11) is 0. The highest BCUT2D eigenvalue weighted by Crippen LogP contribution is 2.32. The van der Waals surface area contributed by atoms with Gasteiger partial charge >= 0.3 is 0 Å². The average molecular weight is 183 g/mol. The van der Waals surface area contributed by atoms with Crippen LogP contribution in [0.3, 0.4) is 0 Å². The Labute approximate surface area is 78.9 Å². The van der Waals surface area contributed by atoms with Crippen LogP contribution in [0.2, 0.25) is 0 Å². The lowest BCUT2D eigenvalue weighted by Crippen LogP contribution is -2.38. The number of Topliss-reactive ketones (excluding diaryl/α,β-unsaturated/α-hetero) is 1. The second-order valence-corrected chi connectivity index (χ2v) is 3.76. The van der Waals surface area contributed by atoms with Crippen LogP contribution >= 0.6 is 0 Å². The topological polar surface area (TPSA) is 46.2 Å². The van der Waals surface area contributed by atoms with Gasteiger partial charge in [-0.1, -0.05) is 6.92 Å². The number of hydrogen-bond acceptors (Lipinski definition) is 2. The molecule has 0 radical (unpaired) electrons. The molecule has 0 saturated heterocycles. The third kappa shape index (κ3) is 3.57. The highest BCUT2D eigenvalue weighted by Gasteiger charge is 2.25. The lowest BCUT2D eigenvalue weighted by atomic mass is 10.1. The van der Waals surface area contributed by atoms with E-state index < -0.39 is 0 Å².